The maximum atomic E-state index is 4.08. The average molecular weight is 179 g/mol. The minimum absolute atomic E-state index is 0.0189. The number of hydrogen-bond acceptors (Lipinski definition) is 1. The molecule has 0 aliphatic heterocycles. The molecule has 0 saturated heterocycles. The van der Waals surface area contributed by atoms with Crippen LogP contribution in [0.25, 0.3) is 0 Å². The van der Waals surface area contributed by atoms with Crippen molar-refractivity contribution in [3.8, 4) is 0 Å². The molecule has 0 rings (SSSR count). The zero-order valence-electron chi connectivity index (χ0n) is 9.30. The van der Waals surface area contributed by atoms with Gasteiger partial charge in [-0.05, 0) is 47.3 Å². The summed E-state index contributed by atoms with van der Waals surface area (Å²) in [4.78, 5) is 4.08. The normalized spacial score (nSPS) is 13.7. The summed E-state index contributed by atoms with van der Waals surface area (Å²) in [6, 6.07) is 0. The van der Waals surface area contributed by atoms with E-state index in [0.29, 0.717) is 0 Å². The maximum Gasteiger partial charge on any atom is 0.0548 e. The lowest BCUT2D eigenvalue weighted by atomic mass is 9.96. The Morgan fingerprint density at radius 1 is 1.46 bits per heavy atom. The first-order valence-electron chi connectivity index (χ1n) is 4.78. The van der Waals surface area contributed by atoms with Crippen LogP contribution in [0.15, 0.2) is 28.8 Å². The van der Waals surface area contributed by atoms with E-state index in [0.717, 1.165) is 12.8 Å². The highest BCUT2D eigenvalue weighted by Gasteiger charge is 2.13. The van der Waals surface area contributed by atoms with Crippen LogP contribution in [0.3, 0.4) is 0 Å². The van der Waals surface area contributed by atoms with Gasteiger partial charge in [-0.2, -0.15) is 0 Å². The lowest BCUT2D eigenvalue weighted by molar-refractivity contribution is 0.482. The molecule has 0 saturated carbocycles. The van der Waals surface area contributed by atoms with E-state index < -0.39 is 0 Å². The smallest absolute Gasteiger partial charge is 0.0548 e. The summed E-state index contributed by atoms with van der Waals surface area (Å²) in [6.07, 6.45) is 8.43. The Hall–Kier alpha value is -0.850. The van der Waals surface area contributed by atoms with Crippen molar-refractivity contribution >= 4 is 6.72 Å². The Kier molecular flexibility index (Phi) is 5.36. The maximum absolute atomic E-state index is 4.08. The van der Waals surface area contributed by atoms with Gasteiger partial charge in [-0.15, -0.1) is 0 Å². The quantitative estimate of drug-likeness (QED) is 0.450. The van der Waals surface area contributed by atoms with Crippen molar-refractivity contribution in [2.75, 3.05) is 0 Å². The first kappa shape index (κ1) is 12.2. The standard InChI is InChI=1S/C12H21N/c1-6-7-8-11(2)9-10-12(3,4)13-5/h6-8H,5,9-10H2,1-4H3/b7-6-,11-8+. The van der Waals surface area contributed by atoms with Crippen molar-refractivity contribution in [1.29, 1.82) is 0 Å². The molecule has 13 heavy (non-hydrogen) atoms. The molecule has 1 heteroatoms. The van der Waals surface area contributed by atoms with E-state index in [1.54, 1.807) is 0 Å². The Balaban J connectivity index is 3.95. The Labute approximate surface area is 82.3 Å². The van der Waals surface area contributed by atoms with Gasteiger partial charge < -0.3 is 0 Å². The van der Waals surface area contributed by atoms with E-state index in [1.165, 1.54) is 5.57 Å². The molecule has 0 aromatic heterocycles. The van der Waals surface area contributed by atoms with Crippen LogP contribution in [0.1, 0.15) is 40.5 Å². The lowest BCUT2D eigenvalue weighted by Crippen LogP contribution is -2.15. The molecule has 0 bridgehead atoms. The minimum atomic E-state index is 0.0189. The molecule has 0 spiro atoms. The van der Waals surface area contributed by atoms with Crippen LogP contribution in [-0.2, 0) is 0 Å². The van der Waals surface area contributed by atoms with Gasteiger partial charge in [-0.1, -0.05) is 23.8 Å². The van der Waals surface area contributed by atoms with Gasteiger partial charge in [0.25, 0.3) is 0 Å². The number of nitrogens with zero attached hydrogens (tertiary/aromatic N) is 1. The minimum Gasteiger partial charge on any atom is -0.295 e. The summed E-state index contributed by atoms with van der Waals surface area (Å²) < 4.78 is 0. The van der Waals surface area contributed by atoms with Crippen molar-refractivity contribution < 1.29 is 0 Å². The molecule has 0 fully saturated rings. The highest BCUT2D eigenvalue weighted by atomic mass is 14.8. The summed E-state index contributed by atoms with van der Waals surface area (Å²) in [7, 11) is 0. The molecule has 0 aliphatic carbocycles. The molecule has 0 unspecified atom stereocenters. The number of rotatable bonds is 5. The van der Waals surface area contributed by atoms with Crippen molar-refractivity contribution in [3.05, 3.63) is 23.8 Å². The molecular weight excluding hydrogens is 158 g/mol. The van der Waals surface area contributed by atoms with E-state index in [-0.39, 0.29) is 5.54 Å². The Morgan fingerprint density at radius 2 is 2.08 bits per heavy atom. The van der Waals surface area contributed by atoms with E-state index >= 15 is 0 Å². The van der Waals surface area contributed by atoms with E-state index in [2.05, 4.69) is 44.6 Å². The fraction of sp³-hybridized carbons (Fsp3) is 0.583. The highest BCUT2D eigenvalue weighted by molar-refractivity contribution is 5.25. The highest BCUT2D eigenvalue weighted by Crippen LogP contribution is 2.18. The van der Waals surface area contributed by atoms with Crippen LogP contribution in [0.4, 0.5) is 0 Å². The average Bonchev–Trinajstić information content (AvgIpc) is 2.11. The van der Waals surface area contributed by atoms with Crippen molar-refractivity contribution in [1.82, 2.24) is 0 Å². The monoisotopic (exact) mass is 179 g/mol. The molecule has 0 aromatic carbocycles. The van der Waals surface area contributed by atoms with Crippen LogP contribution < -0.4 is 0 Å². The van der Waals surface area contributed by atoms with Gasteiger partial charge in [0.15, 0.2) is 0 Å². The summed E-state index contributed by atoms with van der Waals surface area (Å²) in [5, 5.41) is 0. The van der Waals surface area contributed by atoms with Gasteiger partial charge in [0.2, 0.25) is 0 Å². The molecule has 0 aromatic rings. The topological polar surface area (TPSA) is 12.4 Å². The Morgan fingerprint density at radius 3 is 2.54 bits per heavy atom. The molecule has 1 nitrogen and oxygen atoms in total. The molecule has 0 N–H and O–H groups in total. The Bertz CT molecular complexity index is 209. The summed E-state index contributed by atoms with van der Waals surface area (Å²) in [5.41, 5.74) is 1.42. The summed E-state index contributed by atoms with van der Waals surface area (Å²) >= 11 is 0. The first-order valence-corrected chi connectivity index (χ1v) is 4.78. The van der Waals surface area contributed by atoms with Gasteiger partial charge >= 0.3 is 0 Å². The van der Waals surface area contributed by atoms with Crippen LogP contribution in [-0.4, -0.2) is 12.3 Å². The zero-order chi connectivity index (χ0) is 10.3. The first-order chi connectivity index (χ1) is 6.02. The zero-order valence-corrected chi connectivity index (χ0v) is 9.30. The summed E-state index contributed by atoms with van der Waals surface area (Å²) in [6.45, 7) is 12.0. The summed E-state index contributed by atoms with van der Waals surface area (Å²) in [5.74, 6) is 0. The van der Waals surface area contributed by atoms with Crippen LogP contribution in [0.5, 0.6) is 0 Å². The predicted octanol–water partition coefficient (Wildman–Crippen LogP) is 3.77. The molecule has 0 atom stereocenters. The molecule has 0 amide bonds. The van der Waals surface area contributed by atoms with E-state index in [4.69, 9.17) is 0 Å². The number of allylic oxidation sites excluding steroid dienone is 4. The van der Waals surface area contributed by atoms with Crippen molar-refractivity contribution in [2.45, 2.75) is 46.1 Å². The van der Waals surface area contributed by atoms with E-state index in [1.807, 2.05) is 13.0 Å². The molecule has 0 aliphatic rings. The third kappa shape index (κ3) is 6.32. The fourth-order valence-corrected chi connectivity index (χ4v) is 0.926. The SMILES string of the molecule is C=NC(C)(C)CC/C(C)=C/C=C\C. The number of hydrogen-bond donors (Lipinski definition) is 0. The predicted molar refractivity (Wildman–Crippen MR) is 61.4 cm³/mol. The molecular formula is C12H21N. The van der Waals surface area contributed by atoms with Crippen LogP contribution in [0, 0.1) is 0 Å². The fourth-order valence-electron chi connectivity index (χ4n) is 0.926. The van der Waals surface area contributed by atoms with Crippen LogP contribution in [0.2, 0.25) is 0 Å². The molecule has 0 heterocycles. The number of aliphatic imine (C=N–C) groups is 1. The second kappa shape index (κ2) is 5.74. The van der Waals surface area contributed by atoms with E-state index in [9.17, 15) is 0 Å². The lowest BCUT2D eigenvalue weighted by Gasteiger charge is -2.18. The van der Waals surface area contributed by atoms with Gasteiger partial charge in [0.1, 0.15) is 0 Å². The van der Waals surface area contributed by atoms with Gasteiger partial charge in [0.05, 0.1) is 5.54 Å². The third-order valence-electron chi connectivity index (χ3n) is 2.13. The van der Waals surface area contributed by atoms with Gasteiger partial charge in [-0.25, -0.2) is 0 Å². The largest absolute Gasteiger partial charge is 0.295 e. The van der Waals surface area contributed by atoms with Crippen molar-refractivity contribution in [2.24, 2.45) is 4.99 Å². The van der Waals surface area contributed by atoms with Crippen LogP contribution >= 0.6 is 0 Å². The molecule has 0 radical (unpaired) electrons. The van der Waals surface area contributed by atoms with Gasteiger partial charge in [-0.3, -0.25) is 4.99 Å². The van der Waals surface area contributed by atoms with Crippen molar-refractivity contribution in [3.63, 3.8) is 0 Å². The third-order valence-corrected chi connectivity index (χ3v) is 2.13. The van der Waals surface area contributed by atoms with Gasteiger partial charge in [0, 0.05) is 0 Å². The molecule has 74 valence electrons. The second-order valence-corrected chi connectivity index (χ2v) is 4.01. The second-order valence-electron chi connectivity index (χ2n) is 4.01.